The molecule has 1 amide bonds. The van der Waals surface area contributed by atoms with E-state index in [1.807, 2.05) is 16.8 Å². The van der Waals surface area contributed by atoms with E-state index in [1.54, 1.807) is 32.9 Å². The minimum atomic E-state index is -0.608. The molecule has 1 aromatic heterocycles. The highest BCUT2D eigenvalue weighted by Gasteiger charge is 2.31. The lowest BCUT2D eigenvalue weighted by Crippen LogP contribution is -2.43. The molecule has 26 heavy (non-hydrogen) atoms. The summed E-state index contributed by atoms with van der Waals surface area (Å²) >= 11 is 5.87. The molecule has 0 bridgehead atoms. The summed E-state index contributed by atoms with van der Waals surface area (Å²) < 4.78 is 20.6. The number of halogens is 2. The molecule has 2 aromatic rings. The second-order valence-corrected chi connectivity index (χ2v) is 7.73. The van der Waals surface area contributed by atoms with Crippen molar-refractivity contribution in [3.63, 3.8) is 0 Å². The Bertz CT molecular complexity index is 857. The van der Waals surface area contributed by atoms with Crippen LogP contribution in [-0.2, 0) is 16.1 Å². The Balaban J connectivity index is 1.91. The summed E-state index contributed by atoms with van der Waals surface area (Å²) in [6.45, 7) is 5.96. The van der Waals surface area contributed by atoms with Crippen LogP contribution in [0.4, 0.5) is 9.18 Å². The second-order valence-electron chi connectivity index (χ2n) is 7.32. The second kappa shape index (κ2) is 6.76. The SMILES string of the molecule is CC(C)(C)OC(=O)N1Cc2cc(-c3ccc(F)c(Cl)c3)cn2C(C=O)C1. The van der Waals surface area contributed by atoms with Crippen LogP contribution in [0.1, 0.15) is 32.5 Å². The Morgan fingerprint density at radius 2 is 2.04 bits per heavy atom. The van der Waals surface area contributed by atoms with Gasteiger partial charge in [0.25, 0.3) is 0 Å². The molecule has 2 heterocycles. The third-order valence-electron chi connectivity index (χ3n) is 4.11. The molecule has 7 heteroatoms. The number of fused-ring (bicyclic) bond motifs is 1. The van der Waals surface area contributed by atoms with Crippen LogP contribution in [0.25, 0.3) is 11.1 Å². The van der Waals surface area contributed by atoms with Gasteiger partial charge in [-0.3, -0.25) is 4.90 Å². The summed E-state index contributed by atoms with van der Waals surface area (Å²) in [5.74, 6) is -0.485. The number of benzene rings is 1. The molecule has 0 saturated carbocycles. The van der Waals surface area contributed by atoms with E-state index in [0.29, 0.717) is 6.54 Å². The number of amides is 1. The topological polar surface area (TPSA) is 51.5 Å². The molecule has 0 saturated heterocycles. The van der Waals surface area contributed by atoms with Crippen LogP contribution in [0.15, 0.2) is 30.5 Å². The van der Waals surface area contributed by atoms with Gasteiger partial charge in [-0.2, -0.15) is 0 Å². The van der Waals surface area contributed by atoms with Gasteiger partial charge in [0, 0.05) is 11.9 Å². The Morgan fingerprint density at radius 3 is 2.65 bits per heavy atom. The quantitative estimate of drug-likeness (QED) is 0.726. The molecule has 1 aliphatic rings. The number of aldehydes is 1. The van der Waals surface area contributed by atoms with Gasteiger partial charge in [0.2, 0.25) is 0 Å². The van der Waals surface area contributed by atoms with Gasteiger partial charge in [-0.25, -0.2) is 9.18 Å². The zero-order valence-corrected chi connectivity index (χ0v) is 15.6. The first kappa shape index (κ1) is 18.5. The summed E-state index contributed by atoms with van der Waals surface area (Å²) in [5, 5.41) is 0.0361. The van der Waals surface area contributed by atoms with Crippen molar-refractivity contribution in [2.45, 2.75) is 39.0 Å². The maximum absolute atomic E-state index is 13.4. The average Bonchev–Trinajstić information content (AvgIpc) is 2.98. The molecule has 1 unspecified atom stereocenters. The summed E-state index contributed by atoms with van der Waals surface area (Å²) in [4.78, 5) is 25.4. The van der Waals surface area contributed by atoms with Crippen molar-refractivity contribution in [3.8, 4) is 11.1 Å². The Morgan fingerprint density at radius 1 is 1.31 bits per heavy atom. The fraction of sp³-hybridized carbons (Fsp3) is 0.368. The van der Waals surface area contributed by atoms with Crippen molar-refractivity contribution in [3.05, 3.63) is 47.0 Å². The Labute approximate surface area is 156 Å². The number of carbonyl (C=O) groups excluding carboxylic acids is 2. The number of aromatic nitrogens is 1. The van der Waals surface area contributed by atoms with E-state index in [0.717, 1.165) is 23.1 Å². The highest BCUT2D eigenvalue weighted by atomic mass is 35.5. The van der Waals surface area contributed by atoms with Crippen LogP contribution < -0.4 is 0 Å². The molecule has 0 spiro atoms. The molecular formula is C19H20ClFN2O3. The van der Waals surface area contributed by atoms with E-state index in [9.17, 15) is 14.0 Å². The van der Waals surface area contributed by atoms with Crippen LogP contribution >= 0.6 is 11.6 Å². The summed E-state index contributed by atoms with van der Waals surface area (Å²) in [7, 11) is 0. The smallest absolute Gasteiger partial charge is 0.410 e. The van der Waals surface area contributed by atoms with Crippen LogP contribution in [0.2, 0.25) is 5.02 Å². The Hall–Kier alpha value is -2.34. The zero-order valence-electron chi connectivity index (χ0n) is 14.8. The average molecular weight is 379 g/mol. The number of hydrogen-bond acceptors (Lipinski definition) is 3. The molecule has 0 radical (unpaired) electrons. The van der Waals surface area contributed by atoms with E-state index in [1.165, 1.54) is 11.0 Å². The summed E-state index contributed by atoms with van der Waals surface area (Å²) in [6, 6.07) is 5.84. The van der Waals surface area contributed by atoms with E-state index in [-0.39, 0.29) is 11.6 Å². The van der Waals surface area contributed by atoms with Gasteiger partial charge in [0.15, 0.2) is 0 Å². The van der Waals surface area contributed by atoms with Crippen molar-refractivity contribution >= 4 is 24.0 Å². The molecule has 1 atom stereocenters. The molecule has 0 N–H and O–H groups in total. The first-order valence-corrected chi connectivity index (χ1v) is 8.65. The molecule has 1 aliphatic heterocycles. The minimum Gasteiger partial charge on any atom is -0.444 e. The highest BCUT2D eigenvalue weighted by molar-refractivity contribution is 6.31. The van der Waals surface area contributed by atoms with Crippen molar-refractivity contribution in [2.24, 2.45) is 0 Å². The zero-order chi connectivity index (χ0) is 19.1. The molecule has 5 nitrogen and oxygen atoms in total. The molecule has 3 rings (SSSR count). The van der Waals surface area contributed by atoms with Crippen LogP contribution in [-0.4, -0.2) is 34.0 Å². The predicted molar refractivity (Wildman–Crippen MR) is 96.6 cm³/mol. The fourth-order valence-electron chi connectivity index (χ4n) is 2.94. The first-order chi connectivity index (χ1) is 12.2. The Kier molecular flexibility index (Phi) is 4.80. The molecule has 1 aromatic carbocycles. The standard InChI is InChI=1S/C19H20ClFN2O3/c1-19(2,3)26-18(25)22-9-14-6-13(8-23(14)15(10-22)11-24)12-4-5-17(21)16(20)7-12/h4-8,11,15H,9-10H2,1-3H3. The number of hydrogen-bond donors (Lipinski definition) is 0. The molecular weight excluding hydrogens is 359 g/mol. The maximum atomic E-state index is 13.4. The highest BCUT2D eigenvalue weighted by Crippen LogP contribution is 2.31. The third kappa shape index (κ3) is 3.75. The van der Waals surface area contributed by atoms with Gasteiger partial charge in [-0.1, -0.05) is 17.7 Å². The number of carbonyl (C=O) groups is 2. The number of rotatable bonds is 2. The lowest BCUT2D eigenvalue weighted by Gasteiger charge is -2.33. The minimum absolute atomic E-state index is 0.0361. The lowest BCUT2D eigenvalue weighted by atomic mass is 10.1. The van der Waals surface area contributed by atoms with Gasteiger partial charge >= 0.3 is 6.09 Å². The molecule has 0 fully saturated rings. The normalized spacial score (nSPS) is 17.0. The molecule has 138 valence electrons. The summed E-state index contributed by atoms with van der Waals surface area (Å²) in [6.07, 6.45) is 2.18. The van der Waals surface area contributed by atoms with Gasteiger partial charge in [-0.15, -0.1) is 0 Å². The predicted octanol–water partition coefficient (Wildman–Crippen LogP) is 4.44. The number of ether oxygens (including phenoxy) is 1. The van der Waals surface area contributed by atoms with Crippen molar-refractivity contribution in [2.75, 3.05) is 6.54 Å². The molecule has 0 aliphatic carbocycles. The van der Waals surface area contributed by atoms with Crippen LogP contribution in [0.3, 0.4) is 0 Å². The van der Waals surface area contributed by atoms with Crippen molar-refractivity contribution in [1.82, 2.24) is 9.47 Å². The van der Waals surface area contributed by atoms with Crippen LogP contribution in [0.5, 0.6) is 0 Å². The van der Waals surface area contributed by atoms with Gasteiger partial charge in [-0.05, 0) is 50.1 Å². The first-order valence-electron chi connectivity index (χ1n) is 8.27. The van der Waals surface area contributed by atoms with E-state index in [2.05, 4.69) is 0 Å². The number of nitrogens with zero attached hydrogens (tertiary/aromatic N) is 2. The van der Waals surface area contributed by atoms with Gasteiger partial charge in [0.05, 0.1) is 18.1 Å². The maximum Gasteiger partial charge on any atom is 0.410 e. The van der Waals surface area contributed by atoms with E-state index >= 15 is 0 Å². The van der Waals surface area contributed by atoms with E-state index in [4.69, 9.17) is 16.3 Å². The lowest BCUT2D eigenvalue weighted by molar-refractivity contribution is -0.111. The van der Waals surface area contributed by atoms with Gasteiger partial charge in [0.1, 0.15) is 23.7 Å². The van der Waals surface area contributed by atoms with Gasteiger partial charge < -0.3 is 14.1 Å². The van der Waals surface area contributed by atoms with E-state index < -0.39 is 23.6 Å². The largest absolute Gasteiger partial charge is 0.444 e. The third-order valence-corrected chi connectivity index (χ3v) is 4.40. The van der Waals surface area contributed by atoms with Crippen molar-refractivity contribution in [1.29, 1.82) is 0 Å². The van der Waals surface area contributed by atoms with Crippen LogP contribution in [0, 0.1) is 5.82 Å². The monoisotopic (exact) mass is 378 g/mol. The van der Waals surface area contributed by atoms with Crippen molar-refractivity contribution < 1.29 is 18.7 Å². The summed E-state index contributed by atoms with van der Waals surface area (Å²) in [5.41, 5.74) is 1.74. The fourth-order valence-corrected chi connectivity index (χ4v) is 3.12.